The molecule has 0 radical (unpaired) electrons. The predicted molar refractivity (Wildman–Crippen MR) is 83.1 cm³/mol. The van der Waals surface area contributed by atoms with Crippen LogP contribution >= 0.6 is 12.2 Å². The van der Waals surface area contributed by atoms with E-state index in [2.05, 4.69) is 24.3 Å². The SMILES string of the molecule is CCOCc1ccc(-c2ccccc2C(N)=S)cc1. The van der Waals surface area contributed by atoms with Gasteiger partial charge < -0.3 is 10.5 Å². The molecule has 0 aliphatic carbocycles. The van der Waals surface area contributed by atoms with Crippen LogP contribution in [0.1, 0.15) is 18.1 Å². The van der Waals surface area contributed by atoms with Crippen molar-refractivity contribution < 1.29 is 4.74 Å². The molecule has 0 amide bonds. The molecule has 19 heavy (non-hydrogen) atoms. The van der Waals surface area contributed by atoms with E-state index in [4.69, 9.17) is 22.7 Å². The molecule has 2 rings (SSSR count). The zero-order valence-electron chi connectivity index (χ0n) is 10.9. The molecular weight excluding hydrogens is 254 g/mol. The summed E-state index contributed by atoms with van der Waals surface area (Å²) in [6, 6.07) is 16.2. The highest BCUT2D eigenvalue weighted by Gasteiger charge is 2.06. The first kappa shape index (κ1) is 13.7. The normalized spacial score (nSPS) is 10.4. The van der Waals surface area contributed by atoms with Gasteiger partial charge in [-0.2, -0.15) is 0 Å². The minimum Gasteiger partial charge on any atom is -0.389 e. The highest BCUT2D eigenvalue weighted by atomic mass is 32.1. The number of hydrogen-bond acceptors (Lipinski definition) is 2. The highest BCUT2D eigenvalue weighted by molar-refractivity contribution is 7.80. The number of nitrogens with two attached hydrogens (primary N) is 1. The lowest BCUT2D eigenvalue weighted by atomic mass is 9.99. The Bertz CT molecular complexity index is 563. The Kier molecular flexibility index (Phi) is 4.66. The molecule has 98 valence electrons. The summed E-state index contributed by atoms with van der Waals surface area (Å²) < 4.78 is 5.39. The van der Waals surface area contributed by atoms with Crippen LogP contribution in [0.25, 0.3) is 11.1 Å². The standard InChI is InChI=1S/C16H17NOS/c1-2-18-11-12-7-9-13(10-8-12)14-5-3-4-6-15(14)16(17)19/h3-10H,2,11H2,1H3,(H2,17,19). The van der Waals surface area contributed by atoms with Gasteiger partial charge in [0.05, 0.1) is 6.61 Å². The Balaban J connectivity index is 2.30. The summed E-state index contributed by atoms with van der Waals surface area (Å²) in [6.45, 7) is 3.37. The second-order valence-electron chi connectivity index (χ2n) is 4.24. The molecule has 2 N–H and O–H groups in total. The third-order valence-corrected chi connectivity index (χ3v) is 3.15. The summed E-state index contributed by atoms with van der Waals surface area (Å²) in [5.41, 5.74) is 10.0. The van der Waals surface area contributed by atoms with Crippen molar-refractivity contribution >= 4 is 17.2 Å². The van der Waals surface area contributed by atoms with Crippen LogP contribution in [0.5, 0.6) is 0 Å². The maximum Gasteiger partial charge on any atom is 0.104 e. The molecule has 2 aromatic rings. The largest absolute Gasteiger partial charge is 0.389 e. The van der Waals surface area contributed by atoms with E-state index in [1.807, 2.05) is 31.2 Å². The average Bonchev–Trinajstić information content (AvgIpc) is 2.45. The lowest BCUT2D eigenvalue weighted by Gasteiger charge is -2.09. The Labute approximate surface area is 119 Å². The van der Waals surface area contributed by atoms with Crippen molar-refractivity contribution in [2.24, 2.45) is 5.73 Å². The molecule has 2 aromatic carbocycles. The predicted octanol–water partition coefficient (Wildman–Crippen LogP) is 3.52. The summed E-state index contributed by atoms with van der Waals surface area (Å²) in [5.74, 6) is 0. The Morgan fingerprint density at radius 3 is 2.42 bits per heavy atom. The first-order chi connectivity index (χ1) is 9.22. The van der Waals surface area contributed by atoms with E-state index in [1.165, 1.54) is 5.56 Å². The molecular formula is C16H17NOS. The summed E-state index contributed by atoms with van der Waals surface area (Å²) in [4.78, 5) is 0.425. The van der Waals surface area contributed by atoms with Gasteiger partial charge in [-0.3, -0.25) is 0 Å². The minimum absolute atomic E-state index is 0.425. The van der Waals surface area contributed by atoms with Crippen LogP contribution in [0.15, 0.2) is 48.5 Å². The van der Waals surface area contributed by atoms with Crippen LogP contribution < -0.4 is 5.73 Å². The van der Waals surface area contributed by atoms with Crippen molar-refractivity contribution in [3.8, 4) is 11.1 Å². The minimum atomic E-state index is 0.425. The summed E-state index contributed by atoms with van der Waals surface area (Å²) in [5, 5.41) is 0. The van der Waals surface area contributed by atoms with Crippen molar-refractivity contribution in [3.05, 3.63) is 59.7 Å². The topological polar surface area (TPSA) is 35.2 Å². The summed E-state index contributed by atoms with van der Waals surface area (Å²) in [7, 11) is 0. The molecule has 0 unspecified atom stereocenters. The van der Waals surface area contributed by atoms with Gasteiger partial charge >= 0.3 is 0 Å². The average molecular weight is 271 g/mol. The molecule has 0 spiro atoms. The van der Waals surface area contributed by atoms with E-state index >= 15 is 0 Å². The first-order valence-electron chi connectivity index (χ1n) is 6.28. The molecule has 3 heteroatoms. The molecule has 0 heterocycles. The van der Waals surface area contributed by atoms with E-state index < -0.39 is 0 Å². The van der Waals surface area contributed by atoms with Crippen LogP contribution in [0.2, 0.25) is 0 Å². The molecule has 0 aromatic heterocycles. The van der Waals surface area contributed by atoms with E-state index in [9.17, 15) is 0 Å². The fourth-order valence-corrected chi connectivity index (χ4v) is 2.13. The third kappa shape index (κ3) is 3.40. The maximum absolute atomic E-state index is 5.76. The van der Waals surface area contributed by atoms with E-state index in [-0.39, 0.29) is 0 Å². The lowest BCUT2D eigenvalue weighted by molar-refractivity contribution is 0.134. The van der Waals surface area contributed by atoms with Crippen molar-refractivity contribution in [2.75, 3.05) is 6.61 Å². The number of hydrogen-bond donors (Lipinski definition) is 1. The number of benzene rings is 2. The number of ether oxygens (including phenoxy) is 1. The number of thiocarbonyl (C=S) groups is 1. The molecule has 2 nitrogen and oxygen atoms in total. The second-order valence-corrected chi connectivity index (χ2v) is 4.68. The fourth-order valence-electron chi connectivity index (χ4n) is 1.95. The van der Waals surface area contributed by atoms with Gasteiger partial charge in [0.2, 0.25) is 0 Å². The summed E-state index contributed by atoms with van der Waals surface area (Å²) in [6.07, 6.45) is 0. The molecule has 0 saturated carbocycles. The molecule has 0 aliphatic heterocycles. The monoisotopic (exact) mass is 271 g/mol. The fraction of sp³-hybridized carbons (Fsp3) is 0.188. The second kappa shape index (κ2) is 6.45. The molecule has 0 atom stereocenters. The first-order valence-corrected chi connectivity index (χ1v) is 6.69. The van der Waals surface area contributed by atoms with Gasteiger partial charge in [-0.15, -0.1) is 0 Å². The smallest absolute Gasteiger partial charge is 0.104 e. The zero-order valence-corrected chi connectivity index (χ0v) is 11.7. The summed E-state index contributed by atoms with van der Waals surface area (Å²) >= 11 is 5.09. The quantitative estimate of drug-likeness (QED) is 0.845. The van der Waals surface area contributed by atoms with Gasteiger partial charge in [0, 0.05) is 12.2 Å². The van der Waals surface area contributed by atoms with Crippen LogP contribution in [-0.2, 0) is 11.3 Å². The van der Waals surface area contributed by atoms with E-state index in [1.54, 1.807) is 0 Å². The van der Waals surface area contributed by atoms with Crippen molar-refractivity contribution in [2.45, 2.75) is 13.5 Å². The van der Waals surface area contributed by atoms with Crippen molar-refractivity contribution in [3.63, 3.8) is 0 Å². The van der Waals surface area contributed by atoms with Crippen LogP contribution in [0.4, 0.5) is 0 Å². The Hall–Kier alpha value is -1.71. The van der Waals surface area contributed by atoms with Crippen LogP contribution in [-0.4, -0.2) is 11.6 Å². The molecule has 0 saturated heterocycles. The maximum atomic E-state index is 5.76. The number of rotatable bonds is 5. The zero-order chi connectivity index (χ0) is 13.7. The molecule has 0 bridgehead atoms. The van der Waals surface area contributed by atoms with Crippen LogP contribution in [0, 0.1) is 0 Å². The van der Waals surface area contributed by atoms with Crippen LogP contribution in [0.3, 0.4) is 0 Å². The van der Waals surface area contributed by atoms with Crippen molar-refractivity contribution in [1.82, 2.24) is 0 Å². The van der Waals surface area contributed by atoms with Gasteiger partial charge in [-0.1, -0.05) is 60.7 Å². The van der Waals surface area contributed by atoms with Gasteiger partial charge in [0.25, 0.3) is 0 Å². The lowest BCUT2D eigenvalue weighted by Crippen LogP contribution is -2.10. The molecule has 0 fully saturated rings. The Morgan fingerprint density at radius 2 is 1.79 bits per heavy atom. The van der Waals surface area contributed by atoms with E-state index in [0.29, 0.717) is 11.6 Å². The Morgan fingerprint density at radius 1 is 1.11 bits per heavy atom. The van der Waals surface area contributed by atoms with E-state index in [0.717, 1.165) is 23.3 Å². The third-order valence-electron chi connectivity index (χ3n) is 2.93. The van der Waals surface area contributed by atoms with Gasteiger partial charge in [-0.25, -0.2) is 0 Å². The molecule has 0 aliphatic rings. The van der Waals surface area contributed by atoms with Gasteiger partial charge in [0.15, 0.2) is 0 Å². The van der Waals surface area contributed by atoms with Gasteiger partial charge in [-0.05, 0) is 23.6 Å². The highest BCUT2D eigenvalue weighted by Crippen LogP contribution is 2.24. The van der Waals surface area contributed by atoms with Crippen molar-refractivity contribution in [1.29, 1.82) is 0 Å². The van der Waals surface area contributed by atoms with Gasteiger partial charge in [0.1, 0.15) is 4.99 Å².